The van der Waals surface area contributed by atoms with Gasteiger partial charge < -0.3 is 0 Å². The molecule has 0 N–H and O–H groups in total. The summed E-state index contributed by atoms with van der Waals surface area (Å²) >= 11 is 0. The van der Waals surface area contributed by atoms with E-state index in [1.54, 1.807) is 12.3 Å². The fourth-order valence-electron chi connectivity index (χ4n) is 1.46. The molecule has 72 valence electrons. The van der Waals surface area contributed by atoms with Gasteiger partial charge in [0.05, 0.1) is 5.69 Å². The van der Waals surface area contributed by atoms with Gasteiger partial charge in [0.2, 0.25) is 0 Å². The van der Waals surface area contributed by atoms with Crippen LogP contribution in [0.3, 0.4) is 0 Å². The Bertz CT molecular complexity index is 386. The number of rotatable bonds is 3. The zero-order valence-electron chi connectivity index (χ0n) is 8.75. The number of hydrogen-bond acceptors (Lipinski definition) is 1. The van der Waals surface area contributed by atoms with E-state index in [1.807, 2.05) is 12.1 Å². The van der Waals surface area contributed by atoms with Crippen molar-refractivity contribution in [1.82, 2.24) is 0 Å². The van der Waals surface area contributed by atoms with Gasteiger partial charge in [0.1, 0.15) is 0 Å². The summed E-state index contributed by atoms with van der Waals surface area (Å²) in [6.07, 6.45) is 5.20. The van der Waals surface area contributed by atoms with Crippen LogP contribution in [0.5, 0.6) is 0 Å². The summed E-state index contributed by atoms with van der Waals surface area (Å²) in [4.78, 5) is 4.30. The molecule has 0 aliphatic rings. The Morgan fingerprint density at radius 2 is 1.93 bits per heavy atom. The maximum absolute atomic E-state index is 4.30. The Morgan fingerprint density at radius 3 is 2.50 bits per heavy atom. The zero-order chi connectivity index (χ0) is 10.6. The second-order valence-corrected chi connectivity index (χ2v) is 3.23. The Hall–Kier alpha value is -1.63. The van der Waals surface area contributed by atoms with Gasteiger partial charge in [0.15, 0.2) is 0 Å². The van der Waals surface area contributed by atoms with Crippen LogP contribution in [0.25, 0.3) is 6.08 Å². The van der Waals surface area contributed by atoms with Crippen molar-refractivity contribution in [2.45, 2.75) is 13.8 Å². The highest BCUT2D eigenvalue weighted by Gasteiger charge is 2.01. The van der Waals surface area contributed by atoms with E-state index < -0.39 is 0 Å². The summed E-state index contributed by atoms with van der Waals surface area (Å²) in [6, 6.07) is 4.17. The second kappa shape index (κ2) is 4.56. The third-order valence-electron chi connectivity index (χ3n) is 2.03. The molecule has 0 bridgehead atoms. The fraction of sp³-hybridized carbons (Fsp3) is 0.154. The molecule has 0 spiro atoms. The molecule has 1 heteroatoms. The van der Waals surface area contributed by atoms with Crippen LogP contribution in [0.15, 0.2) is 36.4 Å². The number of nitrogens with zero attached hydrogens (tertiary/aromatic N) is 1. The maximum atomic E-state index is 4.30. The largest absolute Gasteiger partial charge is 0.256 e. The molecule has 1 aromatic rings. The van der Waals surface area contributed by atoms with Gasteiger partial charge in [-0.15, -0.1) is 0 Å². The lowest BCUT2D eigenvalue weighted by molar-refractivity contribution is 1.34. The first-order valence-corrected chi connectivity index (χ1v) is 4.58. The average Bonchev–Trinajstić information content (AvgIpc) is 2.14. The summed E-state index contributed by atoms with van der Waals surface area (Å²) < 4.78 is 0. The lowest BCUT2D eigenvalue weighted by atomic mass is 10.0. The monoisotopic (exact) mass is 185 g/mol. The first kappa shape index (κ1) is 10.5. The van der Waals surface area contributed by atoms with Gasteiger partial charge in [0, 0.05) is 11.8 Å². The van der Waals surface area contributed by atoms with Crippen LogP contribution < -0.4 is 0 Å². The van der Waals surface area contributed by atoms with E-state index in [0.29, 0.717) is 0 Å². The quantitative estimate of drug-likeness (QED) is 0.634. The Morgan fingerprint density at radius 1 is 1.21 bits per heavy atom. The number of aryl methyl sites for hydroxylation is 2. The van der Waals surface area contributed by atoms with Crippen LogP contribution in [0.2, 0.25) is 0 Å². The minimum atomic E-state index is 0.956. The van der Waals surface area contributed by atoms with Crippen molar-refractivity contribution in [3.63, 3.8) is 0 Å². The Balaban J connectivity index is 3.31. The maximum Gasteiger partial charge on any atom is 0.0707 e. The highest BCUT2D eigenvalue weighted by atomic mass is 14.7. The average molecular weight is 185 g/mol. The molecule has 1 nitrogen and oxygen atoms in total. The molecule has 0 unspecified atom stereocenters. The highest BCUT2D eigenvalue weighted by molar-refractivity contribution is 5.77. The SMILES string of the molecule is C=CC=Nc1cc(C)cc(C)c1C=C. The van der Waals surface area contributed by atoms with E-state index in [1.165, 1.54) is 11.1 Å². The summed E-state index contributed by atoms with van der Waals surface area (Å²) in [6.45, 7) is 11.5. The molecule has 0 saturated carbocycles. The van der Waals surface area contributed by atoms with Crippen LogP contribution in [0, 0.1) is 13.8 Å². The zero-order valence-corrected chi connectivity index (χ0v) is 8.75. The summed E-state index contributed by atoms with van der Waals surface area (Å²) in [7, 11) is 0. The molecule has 0 atom stereocenters. The number of benzene rings is 1. The van der Waals surface area contributed by atoms with Crippen LogP contribution in [0.1, 0.15) is 16.7 Å². The Kier molecular flexibility index (Phi) is 3.41. The fourth-order valence-corrected chi connectivity index (χ4v) is 1.46. The van der Waals surface area contributed by atoms with Gasteiger partial charge in [0.25, 0.3) is 0 Å². The van der Waals surface area contributed by atoms with Crippen LogP contribution in [-0.2, 0) is 0 Å². The molecule has 0 fully saturated rings. The van der Waals surface area contributed by atoms with E-state index in [4.69, 9.17) is 0 Å². The molecule has 0 aliphatic heterocycles. The molecule has 0 heterocycles. The third kappa shape index (κ3) is 2.19. The van der Waals surface area contributed by atoms with E-state index in [2.05, 4.69) is 38.1 Å². The van der Waals surface area contributed by atoms with Crippen molar-refractivity contribution >= 4 is 18.0 Å². The normalized spacial score (nSPS) is 10.4. The van der Waals surface area contributed by atoms with E-state index >= 15 is 0 Å². The van der Waals surface area contributed by atoms with Gasteiger partial charge in [-0.3, -0.25) is 4.99 Å². The van der Waals surface area contributed by atoms with Crippen molar-refractivity contribution in [3.05, 3.63) is 48.1 Å². The Labute approximate surface area is 85.5 Å². The standard InChI is InChI=1S/C13H15N/c1-5-7-14-13-9-10(3)8-11(4)12(13)6-2/h5-9H,1-2H2,3-4H3. The van der Waals surface area contributed by atoms with E-state index in [9.17, 15) is 0 Å². The minimum Gasteiger partial charge on any atom is -0.256 e. The summed E-state index contributed by atoms with van der Waals surface area (Å²) in [5.41, 5.74) is 4.46. The lowest BCUT2D eigenvalue weighted by Gasteiger charge is -2.06. The topological polar surface area (TPSA) is 12.4 Å². The van der Waals surface area contributed by atoms with E-state index in [0.717, 1.165) is 11.3 Å². The lowest BCUT2D eigenvalue weighted by Crippen LogP contribution is -1.84. The van der Waals surface area contributed by atoms with Gasteiger partial charge in [-0.05, 0) is 31.0 Å². The minimum absolute atomic E-state index is 0.956. The third-order valence-corrected chi connectivity index (χ3v) is 2.03. The van der Waals surface area contributed by atoms with E-state index in [-0.39, 0.29) is 0 Å². The van der Waals surface area contributed by atoms with Crippen molar-refractivity contribution in [2.24, 2.45) is 4.99 Å². The van der Waals surface area contributed by atoms with Crippen LogP contribution in [-0.4, -0.2) is 6.21 Å². The first-order valence-electron chi connectivity index (χ1n) is 4.58. The molecule has 14 heavy (non-hydrogen) atoms. The molecule has 0 aliphatic carbocycles. The second-order valence-electron chi connectivity index (χ2n) is 3.23. The molecular formula is C13H15N. The summed E-state index contributed by atoms with van der Waals surface area (Å²) in [5.74, 6) is 0. The van der Waals surface area contributed by atoms with Gasteiger partial charge in [-0.1, -0.05) is 31.4 Å². The van der Waals surface area contributed by atoms with Crippen molar-refractivity contribution in [1.29, 1.82) is 0 Å². The van der Waals surface area contributed by atoms with Crippen molar-refractivity contribution in [2.75, 3.05) is 0 Å². The smallest absolute Gasteiger partial charge is 0.0707 e. The first-order chi connectivity index (χ1) is 6.69. The van der Waals surface area contributed by atoms with Gasteiger partial charge in [-0.2, -0.15) is 0 Å². The predicted octanol–water partition coefficient (Wildman–Crippen LogP) is 3.83. The number of allylic oxidation sites excluding steroid dienone is 1. The van der Waals surface area contributed by atoms with Crippen molar-refractivity contribution in [3.8, 4) is 0 Å². The molecular weight excluding hydrogens is 170 g/mol. The van der Waals surface area contributed by atoms with Gasteiger partial charge >= 0.3 is 0 Å². The van der Waals surface area contributed by atoms with Crippen molar-refractivity contribution < 1.29 is 0 Å². The molecule has 1 rings (SSSR count). The molecule has 0 amide bonds. The summed E-state index contributed by atoms with van der Waals surface area (Å²) in [5, 5.41) is 0. The van der Waals surface area contributed by atoms with Crippen LogP contribution in [0.4, 0.5) is 5.69 Å². The predicted molar refractivity (Wildman–Crippen MR) is 64.4 cm³/mol. The van der Waals surface area contributed by atoms with Crippen LogP contribution >= 0.6 is 0 Å². The number of hydrogen-bond donors (Lipinski definition) is 0. The number of aliphatic imine (C=N–C) groups is 1. The molecule has 0 saturated heterocycles. The van der Waals surface area contributed by atoms with Gasteiger partial charge in [-0.25, -0.2) is 0 Å². The highest BCUT2D eigenvalue weighted by Crippen LogP contribution is 2.25. The molecule has 0 aromatic heterocycles. The molecule has 0 radical (unpaired) electrons. The molecule has 1 aromatic carbocycles.